The summed E-state index contributed by atoms with van der Waals surface area (Å²) in [6.07, 6.45) is 8.36. The number of allylic oxidation sites excluding steroid dienone is 4. The lowest BCUT2D eigenvalue weighted by atomic mass is 10.0. The van der Waals surface area contributed by atoms with Gasteiger partial charge in [-0.1, -0.05) is 48.6 Å². The Kier molecular flexibility index (Phi) is 3.29. The number of hydrogen-bond donors (Lipinski definition) is 0. The first-order valence-electron chi connectivity index (χ1n) is 5.74. The molecule has 0 saturated carbocycles. The van der Waals surface area contributed by atoms with Gasteiger partial charge in [0, 0.05) is 18.1 Å². The van der Waals surface area contributed by atoms with Crippen LogP contribution in [0.1, 0.15) is 19.4 Å². The van der Waals surface area contributed by atoms with Crippen LogP contribution in [-0.2, 0) is 0 Å². The van der Waals surface area contributed by atoms with Gasteiger partial charge in [0.1, 0.15) is 0 Å². The summed E-state index contributed by atoms with van der Waals surface area (Å²) in [6.45, 7) is 8.20. The van der Waals surface area contributed by atoms with E-state index >= 15 is 0 Å². The standard InChI is InChI=1S/C16H17N/c1-13(2)11-17-12-16(10-9-14(17)3)15-7-5-4-6-8-15/h4-12H,3H2,1-2H3. The van der Waals surface area contributed by atoms with E-state index < -0.39 is 0 Å². The molecule has 1 heterocycles. The molecule has 0 N–H and O–H groups in total. The third-order valence-electron chi connectivity index (χ3n) is 2.57. The zero-order chi connectivity index (χ0) is 12.3. The van der Waals surface area contributed by atoms with Gasteiger partial charge in [-0.2, -0.15) is 0 Å². The third kappa shape index (κ3) is 2.76. The minimum atomic E-state index is 0.992. The van der Waals surface area contributed by atoms with Crippen molar-refractivity contribution < 1.29 is 0 Å². The minimum absolute atomic E-state index is 0.992. The van der Waals surface area contributed by atoms with E-state index in [0.29, 0.717) is 0 Å². The van der Waals surface area contributed by atoms with Gasteiger partial charge in [0.25, 0.3) is 0 Å². The van der Waals surface area contributed by atoms with Gasteiger partial charge in [-0.25, -0.2) is 0 Å². The fourth-order valence-electron chi connectivity index (χ4n) is 1.75. The third-order valence-corrected chi connectivity index (χ3v) is 2.57. The molecule has 1 heteroatoms. The number of nitrogens with zero attached hydrogens (tertiary/aromatic N) is 1. The van der Waals surface area contributed by atoms with Gasteiger partial charge in [-0.3, -0.25) is 0 Å². The lowest BCUT2D eigenvalue weighted by Crippen LogP contribution is -2.10. The highest BCUT2D eigenvalue weighted by atomic mass is 15.1. The van der Waals surface area contributed by atoms with Gasteiger partial charge in [-0.05, 0) is 31.1 Å². The monoisotopic (exact) mass is 223 g/mol. The Balaban J connectivity index is 2.34. The summed E-state index contributed by atoms with van der Waals surface area (Å²) in [6, 6.07) is 10.4. The summed E-state index contributed by atoms with van der Waals surface area (Å²) in [4.78, 5) is 2.07. The summed E-state index contributed by atoms with van der Waals surface area (Å²) in [5.41, 5.74) is 4.68. The summed E-state index contributed by atoms with van der Waals surface area (Å²) < 4.78 is 0. The number of rotatable bonds is 2. The minimum Gasteiger partial charge on any atom is -0.324 e. The zero-order valence-corrected chi connectivity index (χ0v) is 10.4. The van der Waals surface area contributed by atoms with Crippen LogP contribution in [0.2, 0.25) is 0 Å². The van der Waals surface area contributed by atoms with Crippen LogP contribution in [0.4, 0.5) is 0 Å². The molecule has 1 aliphatic heterocycles. The second kappa shape index (κ2) is 4.88. The largest absolute Gasteiger partial charge is 0.324 e. The van der Waals surface area contributed by atoms with Gasteiger partial charge < -0.3 is 4.90 Å². The Bertz CT molecular complexity index is 500. The molecular formula is C16H17N. The molecule has 0 saturated heterocycles. The topological polar surface area (TPSA) is 3.24 Å². The second-order valence-electron chi connectivity index (χ2n) is 4.39. The average Bonchev–Trinajstić information content (AvgIpc) is 2.32. The highest BCUT2D eigenvalue weighted by Gasteiger charge is 2.07. The summed E-state index contributed by atoms with van der Waals surface area (Å²) >= 11 is 0. The summed E-state index contributed by atoms with van der Waals surface area (Å²) in [5.74, 6) is 0. The maximum absolute atomic E-state index is 4.03. The second-order valence-corrected chi connectivity index (χ2v) is 4.39. The average molecular weight is 223 g/mol. The van der Waals surface area contributed by atoms with Crippen molar-refractivity contribution in [2.45, 2.75) is 13.8 Å². The van der Waals surface area contributed by atoms with Crippen LogP contribution in [0.3, 0.4) is 0 Å². The number of benzene rings is 1. The fraction of sp³-hybridized carbons (Fsp3) is 0.125. The lowest BCUT2D eigenvalue weighted by Gasteiger charge is -2.22. The van der Waals surface area contributed by atoms with E-state index in [1.54, 1.807) is 0 Å². The Morgan fingerprint density at radius 3 is 2.47 bits per heavy atom. The molecule has 0 atom stereocenters. The van der Waals surface area contributed by atoms with Crippen molar-refractivity contribution >= 4 is 5.57 Å². The van der Waals surface area contributed by atoms with E-state index in [1.165, 1.54) is 16.7 Å². The summed E-state index contributed by atoms with van der Waals surface area (Å²) in [7, 11) is 0. The first-order valence-corrected chi connectivity index (χ1v) is 5.74. The van der Waals surface area contributed by atoms with E-state index in [-0.39, 0.29) is 0 Å². The molecule has 0 radical (unpaired) electrons. The molecule has 1 aliphatic rings. The van der Waals surface area contributed by atoms with Crippen molar-refractivity contribution in [2.75, 3.05) is 0 Å². The van der Waals surface area contributed by atoms with Gasteiger partial charge in [-0.15, -0.1) is 0 Å². The van der Waals surface area contributed by atoms with Gasteiger partial charge in [0.05, 0.1) is 0 Å². The van der Waals surface area contributed by atoms with Crippen molar-refractivity contribution in [3.63, 3.8) is 0 Å². The van der Waals surface area contributed by atoms with E-state index in [2.05, 4.69) is 68.1 Å². The highest BCUT2D eigenvalue weighted by molar-refractivity contribution is 5.75. The zero-order valence-electron chi connectivity index (χ0n) is 10.4. The van der Waals surface area contributed by atoms with Crippen LogP contribution in [-0.4, -0.2) is 4.90 Å². The van der Waals surface area contributed by atoms with Crippen LogP contribution >= 0.6 is 0 Å². The van der Waals surface area contributed by atoms with Crippen LogP contribution in [0, 0.1) is 0 Å². The quantitative estimate of drug-likeness (QED) is 0.721. The first kappa shape index (κ1) is 11.5. The predicted molar refractivity (Wildman–Crippen MR) is 74.0 cm³/mol. The van der Waals surface area contributed by atoms with Crippen molar-refractivity contribution in [1.29, 1.82) is 0 Å². The molecule has 17 heavy (non-hydrogen) atoms. The molecule has 0 bridgehead atoms. The fourth-order valence-corrected chi connectivity index (χ4v) is 1.75. The van der Waals surface area contributed by atoms with Crippen molar-refractivity contribution in [1.82, 2.24) is 4.90 Å². The molecule has 86 valence electrons. The normalized spacial score (nSPS) is 14.6. The highest BCUT2D eigenvalue weighted by Crippen LogP contribution is 2.24. The Labute approximate surface area is 103 Å². The molecule has 0 fully saturated rings. The summed E-state index contributed by atoms with van der Waals surface area (Å²) in [5, 5.41) is 0. The van der Waals surface area contributed by atoms with Gasteiger partial charge >= 0.3 is 0 Å². The molecule has 1 aromatic carbocycles. The Morgan fingerprint density at radius 2 is 1.82 bits per heavy atom. The SMILES string of the molecule is C=C1C=CC(c2ccccc2)=CN1C=C(C)C. The van der Waals surface area contributed by atoms with Crippen molar-refractivity contribution in [2.24, 2.45) is 0 Å². The molecule has 1 nitrogen and oxygen atoms in total. The molecule has 2 rings (SSSR count). The van der Waals surface area contributed by atoms with Crippen LogP contribution in [0.25, 0.3) is 5.57 Å². The lowest BCUT2D eigenvalue weighted by molar-refractivity contribution is 0.645. The maximum Gasteiger partial charge on any atom is 0.0377 e. The van der Waals surface area contributed by atoms with E-state index in [1.807, 2.05) is 12.1 Å². The van der Waals surface area contributed by atoms with Crippen LogP contribution in [0.5, 0.6) is 0 Å². The van der Waals surface area contributed by atoms with E-state index in [0.717, 1.165) is 5.70 Å². The molecule has 0 aromatic heterocycles. The van der Waals surface area contributed by atoms with Gasteiger partial charge in [0.2, 0.25) is 0 Å². The molecule has 1 aromatic rings. The van der Waals surface area contributed by atoms with Crippen LogP contribution < -0.4 is 0 Å². The van der Waals surface area contributed by atoms with Crippen molar-refractivity contribution in [3.8, 4) is 0 Å². The number of hydrogen-bond acceptors (Lipinski definition) is 1. The van der Waals surface area contributed by atoms with E-state index in [9.17, 15) is 0 Å². The smallest absolute Gasteiger partial charge is 0.0377 e. The Hall–Kier alpha value is -2.02. The maximum atomic E-state index is 4.03. The van der Waals surface area contributed by atoms with Crippen molar-refractivity contribution in [3.05, 3.63) is 78.3 Å². The molecular weight excluding hydrogens is 206 g/mol. The first-order chi connectivity index (χ1) is 8.16. The molecule has 0 aliphatic carbocycles. The Morgan fingerprint density at radius 1 is 1.12 bits per heavy atom. The van der Waals surface area contributed by atoms with Gasteiger partial charge in [0.15, 0.2) is 0 Å². The predicted octanol–water partition coefficient (Wildman–Crippen LogP) is 4.34. The van der Waals surface area contributed by atoms with Crippen LogP contribution in [0.15, 0.2) is 72.7 Å². The molecule has 0 unspecified atom stereocenters. The van der Waals surface area contributed by atoms with E-state index in [4.69, 9.17) is 0 Å². The molecule has 0 amide bonds. The molecule has 0 spiro atoms.